The zero-order valence-electron chi connectivity index (χ0n) is 10.7. The fraction of sp³-hybridized carbons (Fsp3) is 0.154. The van der Waals surface area contributed by atoms with E-state index in [2.05, 4.69) is 10.3 Å². The van der Waals surface area contributed by atoms with Gasteiger partial charge in [-0.25, -0.2) is 9.59 Å². The van der Waals surface area contributed by atoms with Crippen LogP contribution in [-0.2, 0) is 9.53 Å². The highest BCUT2D eigenvalue weighted by Crippen LogP contribution is 2.18. The zero-order chi connectivity index (χ0) is 14.5. The molecule has 0 radical (unpaired) electrons. The summed E-state index contributed by atoms with van der Waals surface area (Å²) >= 11 is 0. The number of carbonyl (C=O) groups is 3. The molecule has 7 nitrogen and oxygen atoms in total. The number of fused-ring (bicyclic) bond motifs is 1. The summed E-state index contributed by atoms with van der Waals surface area (Å²) in [5.74, 6) is -1.33. The van der Waals surface area contributed by atoms with E-state index in [0.29, 0.717) is 10.9 Å². The van der Waals surface area contributed by atoms with Crippen LogP contribution in [0.4, 0.5) is 4.79 Å². The number of urea groups is 1. The average Bonchev–Trinajstić information content (AvgIpc) is 2.88. The Morgan fingerprint density at radius 3 is 2.75 bits per heavy atom. The number of rotatable bonds is 3. The van der Waals surface area contributed by atoms with Crippen molar-refractivity contribution < 1.29 is 19.1 Å². The Kier molecular flexibility index (Phi) is 3.99. The molecule has 0 bridgehead atoms. The fourth-order valence-electron chi connectivity index (χ4n) is 1.67. The number of carbonyl (C=O) groups excluding carboxylic acids is 3. The first kappa shape index (κ1) is 13.6. The lowest BCUT2D eigenvalue weighted by Gasteiger charge is -2.04. The molecule has 0 atom stereocenters. The molecule has 0 aliphatic rings. The SMILES string of the molecule is CNC(=O)NC(=O)COC(=O)c1c[nH]c2ccccc12. The minimum Gasteiger partial charge on any atom is -0.452 e. The Morgan fingerprint density at radius 2 is 2.00 bits per heavy atom. The maximum atomic E-state index is 11.9. The van der Waals surface area contributed by atoms with Gasteiger partial charge in [0.05, 0.1) is 5.56 Å². The van der Waals surface area contributed by atoms with Crippen molar-refractivity contribution in [3.63, 3.8) is 0 Å². The van der Waals surface area contributed by atoms with E-state index in [1.54, 1.807) is 12.1 Å². The molecule has 104 valence electrons. The van der Waals surface area contributed by atoms with Gasteiger partial charge in [0.15, 0.2) is 6.61 Å². The Morgan fingerprint density at radius 1 is 1.25 bits per heavy atom. The summed E-state index contributed by atoms with van der Waals surface area (Å²) in [4.78, 5) is 37.0. The molecule has 2 rings (SSSR count). The van der Waals surface area contributed by atoms with Crippen LogP contribution >= 0.6 is 0 Å². The lowest BCUT2D eigenvalue weighted by molar-refractivity contribution is -0.123. The summed E-state index contributed by atoms with van der Waals surface area (Å²) in [7, 11) is 1.38. The van der Waals surface area contributed by atoms with Crippen molar-refractivity contribution in [2.24, 2.45) is 0 Å². The third kappa shape index (κ3) is 2.94. The molecule has 7 heteroatoms. The zero-order valence-corrected chi connectivity index (χ0v) is 10.7. The summed E-state index contributed by atoms with van der Waals surface area (Å²) in [5.41, 5.74) is 1.14. The number of esters is 1. The van der Waals surface area contributed by atoms with Crippen LogP contribution in [-0.4, -0.2) is 36.5 Å². The Balaban J connectivity index is 1.99. The average molecular weight is 275 g/mol. The summed E-state index contributed by atoms with van der Waals surface area (Å²) < 4.78 is 4.85. The number of nitrogens with one attached hydrogen (secondary N) is 3. The highest BCUT2D eigenvalue weighted by atomic mass is 16.5. The van der Waals surface area contributed by atoms with Gasteiger partial charge in [0.25, 0.3) is 5.91 Å². The summed E-state index contributed by atoms with van der Waals surface area (Å²) in [6, 6.07) is 6.58. The van der Waals surface area contributed by atoms with Crippen molar-refractivity contribution in [1.29, 1.82) is 0 Å². The van der Waals surface area contributed by atoms with Crippen LogP contribution < -0.4 is 10.6 Å². The van der Waals surface area contributed by atoms with Crippen molar-refractivity contribution in [2.45, 2.75) is 0 Å². The normalized spacial score (nSPS) is 10.1. The smallest absolute Gasteiger partial charge is 0.340 e. The van der Waals surface area contributed by atoms with Gasteiger partial charge in [0, 0.05) is 24.1 Å². The predicted molar refractivity (Wildman–Crippen MR) is 71.2 cm³/mol. The van der Waals surface area contributed by atoms with Crippen LogP contribution in [0.5, 0.6) is 0 Å². The van der Waals surface area contributed by atoms with E-state index in [0.717, 1.165) is 5.52 Å². The van der Waals surface area contributed by atoms with Crippen LogP contribution in [0.3, 0.4) is 0 Å². The monoisotopic (exact) mass is 275 g/mol. The van der Waals surface area contributed by atoms with Gasteiger partial charge in [-0.05, 0) is 6.07 Å². The second kappa shape index (κ2) is 5.87. The molecule has 0 aliphatic carbocycles. The molecule has 0 fully saturated rings. The lowest BCUT2D eigenvalue weighted by Crippen LogP contribution is -2.39. The van der Waals surface area contributed by atoms with E-state index in [1.165, 1.54) is 13.2 Å². The van der Waals surface area contributed by atoms with Crippen LogP contribution in [0.25, 0.3) is 10.9 Å². The van der Waals surface area contributed by atoms with Crippen LogP contribution in [0.1, 0.15) is 10.4 Å². The van der Waals surface area contributed by atoms with E-state index >= 15 is 0 Å². The van der Waals surface area contributed by atoms with Gasteiger partial charge in [-0.15, -0.1) is 0 Å². The summed E-state index contributed by atoms with van der Waals surface area (Å²) in [6.45, 7) is -0.522. The molecular weight excluding hydrogens is 262 g/mol. The van der Waals surface area contributed by atoms with E-state index in [1.807, 2.05) is 17.4 Å². The standard InChI is InChI=1S/C13H13N3O4/c1-14-13(19)16-11(17)7-20-12(18)9-6-15-10-5-3-2-4-8(9)10/h2-6,15H,7H2,1H3,(H2,14,16,17,19). The Bertz CT molecular complexity index is 662. The molecule has 1 aromatic heterocycles. The second-order valence-electron chi connectivity index (χ2n) is 3.95. The maximum absolute atomic E-state index is 11.9. The number of hydrogen-bond acceptors (Lipinski definition) is 4. The van der Waals surface area contributed by atoms with Crippen LogP contribution in [0.2, 0.25) is 0 Å². The highest BCUT2D eigenvalue weighted by molar-refractivity contribution is 6.05. The van der Waals surface area contributed by atoms with Crippen molar-refractivity contribution in [2.75, 3.05) is 13.7 Å². The first-order valence-electron chi connectivity index (χ1n) is 5.86. The molecule has 0 spiro atoms. The number of aromatic nitrogens is 1. The molecule has 0 unspecified atom stereocenters. The Hall–Kier alpha value is -2.83. The van der Waals surface area contributed by atoms with Crippen molar-refractivity contribution in [1.82, 2.24) is 15.6 Å². The van der Waals surface area contributed by atoms with E-state index in [-0.39, 0.29) is 0 Å². The second-order valence-corrected chi connectivity index (χ2v) is 3.95. The molecule has 1 heterocycles. The molecule has 1 aromatic carbocycles. The molecule has 3 amide bonds. The van der Waals surface area contributed by atoms with Gasteiger partial charge >= 0.3 is 12.0 Å². The lowest BCUT2D eigenvalue weighted by atomic mass is 10.2. The number of hydrogen-bond donors (Lipinski definition) is 3. The molecule has 0 aliphatic heterocycles. The largest absolute Gasteiger partial charge is 0.452 e. The number of amides is 3. The fourth-order valence-corrected chi connectivity index (χ4v) is 1.67. The van der Waals surface area contributed by atoms with Crippen LogP contribution in [0, 0.1) is 0 Å². The van der Waals surface area contributed by atoms with Gasteiger partial charge in [-0.2, -0.15) is 0 Å². The maximum Gasteiger partial charge on any atom is 0.340 e. The molecule has 3 N–H and O–H groups in total. The summed E-state index contributed by atoms with van der Waals surface area (Å²) in [6.07, 6.45) is 1.52. The number of imide groups is 1. The molecular formula is C13H13N3O4. The number of benzene rings is 1. The molecule has 20 heavy (non-hydrogen) atoms. The Labute approximate surface area is 114 Å². The van der Waals surface area contributed by atoms with Gasteiger partial charge in [0.2, 0.25) is 0 Å². The van der Waals surface area contributed by atoms with E-state index in [9.17, 15) is 14.4 Å². The van der Waals surface area contributed by atoms with Gasteiger partial charge in [-0.1, -0.05) is 18.2 Å². The van der Waals surface area contributed by atoms with E-state index < -0.39 is 24.5 Å². The predicted octanol–water partition coefficient (Wildman–Crippen LogP) is 0.780. The minimum absolute atomic E-state index is 0.341. The quantitative estimate of drug-likeness (QED) is 0.720. The number of aromatic amines is 1. The van der Waals surface area contributed by atoms with E-state index in [4.69, 9.17) is 4.74 Å². The first-order chi connectivity index (χ1) is 9.61. The molecule has 0 saturated heterocycles. The number of para-hydroxylation sites is 1. The van der Waals surface area contributed by atoms with Crippen molar-refractivity contribution in [3.8, 4) is 0 Å². The van der Waals surface area contributed by atoms with Crippen LogP contribution in [0.15, 0.2) is 30.5 Å². The molecule has 2 aromatic rings. The van der Waals surface area contributed by atoms with Gasteiger partial charge in [0.1, 0.15) is 0 Å². The molecule has 0 saturated carbocycles. The van der Waals surface area contributed by atoms with Gasteiger partial charge < -0.3 is 15.0 Å². The number of ether oxygens (including phenoxy) is 1. The minimum atomic E-state index is -0.697. The number of H-pyrrole nitrogens is 1. The van der Waals surface area contributed by atoms with Crippen molar-refractivity contribution >= 4 is 28.8 Å². The third-order valence-corrected chi connectivity index (χ3v) is 2.62. The van der Waals surface area contributed by atoms with Crippen molar-refractivity contribution in [3.05, 3.63) is 36.0 Å². The van der Waals surface area contributed by atoms with Gasteiger partial charge in [-0.3, -0.25) is 10.1 Å². The first-order valence-corrected chi connectivity index (χ1v) is 5.86. The highest BCUT2D eigenvalue weighted by Gasteiger charge is 2.15. The summed E-state index contributed by atoms with van der Waals surface area (Å²) in [5, 5.41) is 4.92. The third-order valence-electron chi connectivity index (χ3n) is 2.62. The topological polar surface area (TPSA) is 100 Å².